The van der Waals surface area contributed by atoms with Crippen molar-refractivity contribution >= 4 is 34.1 Å². The molecule has 0 spiro atoms. The van der Waals surface area contributed by atoms with E-state index in [1.807, 2.05) is 17.6 Å². The molecule has 0 N–H and O–H groups in total. The van der Waals surface area contributed by atoms with E-state index in [9.17, 15) is 0 Å². The highest BCUT2D eigenvalue weighted by Gasteiger charge is 2.13. The number of imidazole rings is 1. The molecule has 0 aromatic carbocycles. The Morgan fingerprint density at radius 2 is 2.19 bits per heavy atom. The van der Waals surface area contributed by atoms with Gasteiger partial charge in [-0.15, -0.1) is 22.9 Å². The fourth-order valence-electron chi connectivity index (χ4n) is 2.24. The van der Waals surface area contributed by atoms with Crippen molar-refractivity contribution in [3.8, 4) is 5.88 Å². The normalized spacial score (nSPS) is 11.1. The molecule has 3 rings (SSSR count). The Labute approximate surface area is 131 Å². The highest BCUT2D eigenvalue weighted by molar-refractivity contribution is 7.07. The summed E-state index contributed by atoms with van der Waals surface area (Å²) in [6.45, 7) is 0.784. The van der Waals surface area contributed by atoms with Crippen LogP contribution >= 0.6 is 22.9 Å². The third-order valence-electron chi connectivity index (χ3n) is 3.25. The Bertz CT molecular complexity index is 726. The second-order valence-electron chi connectivity index (χ2n) is 4.54. The number of aryl methyl sites for hydroxylation is 3. The van der Waals surface area contributed by atoms with Crippen LogP contribution in [0.25, 0.3) is 11.2 Å². The third kappa shape index (κ3) is 3.01. The molecule has 5 nitrogen and oxygen atoms in total. The number of hydrogen-bond acceptors (Lipinski definition) is 5. The lowest BCUT2D eigenvalue weighted by Crippen LogP contribution is -2.08. The minimum Gasteiger partial charge on any atom is -0.481 e. The number of thiazole rings is 1. The number of aromatic nitrogens is 4. The average molecular weight is 323 g/mol. The van der Waals surface area contributed by atoms with Crippen LogP contribution in [-0.2, 0) is 19.4 Å². The molecule has 0 aliphatic carbocycles. The Balaban J connectivity index is 1.97. The van der Waals surface area contributed by atoms with Gasteiger partial charge in [0, 0.05) is 36.7 Å². The molecular formula is C14H15ClN4OS. The zero-order valence-corrected chi connectivity index (χ0v) is 13.2. The van der Waals surface area contributed by atoms with E-state index in [-0.39, 0.29) is 0 Å². The summed E-state index contributed by atoms with van der Waals surface area (Å²) in [7, 11) is 1.61. The van der Waals surface area contributed by atoms with Gasteiger partial charge in [-0.2, -0.15) is 4.98 Å². The van der Waals surface area contributed by atoms with E-state index in [1.165, 1.54) is 0 Å². The molecule has 0 aliphatic rings. The Morgan fingerprint density at radius 1 is 1.29 bits per heavy atom. The minimum absolute atomic E-state index is 0.539. The van der Waals surface area contributed by atoms with Gasteiger partial charge in [-0.25, -0.2) is 9.97 Å². The van der Waals surface area contributed by atoms with Crippen molar-refractivity contribution in [2.24, 2.45) is 0 Å². The van der Waals surface area contributed by atoms with E-state index in [1.54, 1.807) is 18.4 Å². The first-order valence-corrected chi connectivity index (χ1v) is 8.12. The molecule has 0 fully saturated rings. The van der Waals surface area contributed by atoms with Crippen molar-refractivity contribution in [2.75, 3.05) is 13.0 Å². The summed E-state index contributed by atoms with van der Waals surface area (Å²) in [5.41, 5.74) is 4.64. The number of rotatable bonds is 6. The summed E-state index contributed by atoms with van der Waals surface area (Å²) in [5.74, 6) is 2.09. The van der Waals surface area contributed by atoms with E-state index in [2.05, 4.69) is 24.9 Å². The van der Waals surface area contributed by atoms with Gasteiger partial charge in [0.05, 0.1) is 18.3 Å². The van der Waals surface area contributed by atoms with Gasteiger partial charge in [-0.1, -0.05) is 0 Å². The lowest BCUT2D eigenvalue weighted by Gasteiger charge is -2.07. The molecule has 110 valence electrons. The van der Waals surface area contributed by atoms with Crippen LogP contribution in [0.5, 0.6) is 5.88 Å². The standard InChI is InChI=1S/C14H15ClN4OS/c1-20-13-3-2-11-14(18-13)19(12(17-11)4-6-15)7-5-10-8-21-9-16-10/h2-3,8-9H,4-7H2,1H3. The van der Waals surface area contributed by atoms with Gasteiger partial charge in [0.1, 0.15) is 11.3 Å². The van der Waals surface area contributed by atoms with Crippen LogP contribution < -0.4 is 4.74 Å². The maximum atomic E-state index is 5.88. The Morgan fingerprint density at radius 3 is 2.90 bits per heavy atom. The molecule has 3 heterocycles. The van der Waals surface area contributed by atoms with Gasteiger partial charge in [0.2, 0.25) is 5.88 Å². The quantitative estimate of drug-likeness (QED) is 0.655. The smallest absolute Gasteiger partial charge is 0.215 e. The van der Waals surface area contributed by atoms with Crippen molar-refractivity contribution in [2.45, 2.75) is 19.4 Å². The predicted molar refractivity (Wildman–Crippen MR) is 84.3 cm³/mol. The van der Waals surface area contributed by atoms with Crippen LogP contribution in [0, 0.1) is 0 Å². The monoisotopic (exact) mass is 322 g/mol. The van der Waals surface area contributed by atoms with Gasteiger partial charge >= 0.3 is 0 Å². The maximum Gasteiger partial charge on any atom is 0.215 e. The van der Waals surface area contributed by atoms with Gasteiger partial charge in [-0.05, 0) is 6.07 Å². The topological polar surface area (TPSA) is 52.8 Å². The molecule has 0 unspecified atom stereocenters. The van der Waals surface area contributed by atoms with Gasteiger partial charge in [0.25, 0.3) is 0 Å². The summed E-state index contributed by atoms with van der Waals surface area (Å²) in [6.07, 6.45) is 1.57. The molecule has 0 aliphatic heterocycles. The summed E-state index contributed by atoms with van der Waals surface area (Å²) in [6, 6.07) is 3.75. The van der Waals surface area contributed by atoms with Crippen molar-refractivity contribution in [3.63, 3.8) is 0 Å². The fourth-order valence-corrected chi connectivity index (χ4v) is 3.00. The Hall–Kier alpha value is -1.66. The van der Waals surface area contributed by atoms with Crippen molar-refractivity contribution in [3.05, 3.63) is 34.5 Å². The number of fused-ring (bicyclic) bond motifs is 1. The third-order valence-corrected chi connectivity index (χ3v) is 4.07. The number of ether oxygens (including phenoxy) is 1. The Kier molecular flexibility index (Phi) is 4.36. The van der Waals surface area contributed by atoms with Crippen molar-refractivity contribution < 1.29 is 4.74 Å². The summed E-state index contributed by atoms with van der Waals surface area (Å²) in [4.78, 5) is 13.5. The van der Waals surface area contributed by atoms with Crippen molar-refractivity contribution in [1.82, 2.24) is 19.5 Å². The molecule has 3 aromatic heterocycles. The molecule has 0 atom stereocenters. The first-order valence-electron chi connectivity index (χ1n) is 6.65. The zero-order valence-electron chi connectivity index (χ0n) is 11.6. The molecular weight excluding hydrogens is 308 g/mol. The van der Waals surface area contributed by atoms with E-state index in [4.69, 9.17) is 16.3 Å². The van der Waals surface area contributed by atoms with Crippen LogP contribution in [0.1, 0.15) is 11.5 Å². The van der Waals surface area contributed by atoms with Gasteiger partial charge in [-0.3, -0.25) is 0 Å². The van der Waals surface area contributed by atoms with Gasteiger partial charge < -0.3 is 9.30 Å². The van der Waals surface area contributed by atoms with Gasteiger partial charge in [0.15, 0.2) is 5.65 Å². The lowest BCUT2D eigenvalue weighted by molar-refractivity contribution is 0.399. The molecule has 0 saturated heterocycles. The second kappa shape index (κ2) is 6.41. The van der Waals surface area contributed by atoms with Crippen LogP contribution in [0.2, 0.25) is 0 Å². The molecule has 0 radical (unpaired) electrons. The number of alkyl halides is 1. The highest BCUT2D eigenvalue weighted by Crippen LogP contribution is 2.19. The first kappa shape index (κ1) is 14.3. The van der Waals surface area contributed by atoms with E-state index in [0.29, 0.717) is 11.8 Å². The highest BCUT2D eigenvalue weighted by atomic mass is 35.5. The number of nitrogens with zero attached hydrogens (tertiary/aromatic N) is 4. The number of hydrogen-bond donors (Lipinski definition) is 0. The largest absolute Gasteiger partial charge is 0.481 e. The van der Waals surface area contributed by atoms with E-state index < -0.39 is 0 Å². The minimum atomic E-state index is 0.539. The average Bonchev–Trinajstić information content (AvgIpc) is 3.12. The maximum absolute atomic E-state index is 5.88. The van der Waals surface area contributed by atoms with Crippen LogP contribution in [0.15, 0.2) is 23.0 Å². The van der Waals surface area contributed by atoms with E-state index >= 15 is 0 Å². The lowest BCUT2D eigenvalue weighted by atomic mass is 10.3. The number of methoxy groups -OCH3 is 1. The van der Waals surface area contributed by atoms with Crippen LogP contribution in [0.3, 0.4) is 0 Å². The summed E-state index contributed by atoms with van der Waals surface area (Å²) < 4.78 is 7.32. The fraction of sp³-hybridized carbons (Fsp3) is 0.357. The molecule has 3 aromatic rings. The van der Waals surface area contributed by atoms with Crippen molar-refractivity contribution in [1.29, 1.82) is 0 Å². The van der Waals surface area contributed by atoms with Crippen LogP contribution in [-0.4, -0.2) is 32.5 Å². The zero-order chi connectivity index (χ0) is 14.7. The number of pyridine rings is 1. The van der Waals surface area contributed by atoms with Crippen LogP contribution in [0.4, 0.5) is 0 Å². The first-order chi connectivity index (χ1) is 10.3. The van der Waals surface area contributed by atoms with E-state index in [0.717, 1.165) is 42.1 Å². The molecule has 0 amide bonds. The number of halogens is 1. The molecule has 7 heteroatoms. The predicted octanol–water partition coefficient (Wildman–Crippen LogP) is 2.92. The summed E-state index contributed by atoms with van der Waals surface area (Å²) >= 11 is 7.49. The molecule has 21 heavy (non-hydrogen) atoms. The molecule has 0 bridgehead atoms. The SMILES string of the molecule is COc1ccc2nc(CCCl)n(CCc3cscn3)c2n1. The summed E-state index contributed by atoms with van der Waals surface area (Å²) in [5, 5.41) is 2.06. The second-order valence-corrected chi connectivity index (χ2v) is 5.64. The molecule has 0 saturated carbocycles.